The molecule has 0 radical (unpaired) electrons. The highest BCUT2D eigenvalue weighted by Gasteiger charge is 2.25. The number of hydrogen-bond donors (Lipinski definition) is 2. The minimum atomic E-state index is -0.670. The maximum absolute atomic E-state index is 12.6. The van der Waals surface area contributed by atoms with Crippen LogP contribution in [-0.4, -0.2) is 65.6 Å². The van der Waals surface area contributed by atoms with Gasteiger partial charge in [-0.2, -0.15) is 5.10 Å². The van der Waals surface area contributed by atoms with E-state index in [1.165, 1.54) is 0 Å². The number of nitrogens with one attached hydrogen (secondary N) is 1. The van der Waals surface area contributed by atoms with Crippen molar-refractivity contribution in [3.63, 3.8) is 0 Å². The molecule has 2 aromatic rings. The number of fused-ring (bicyclic) bond motifs is 1. The molecule has 1 unspecified atom stereocenters. The Morgan fingerprint density at radius 1 is 1.57 bits per heavy atom. The molecule has 1 aromatic carbocycles. The van der Waals surface area contributed by atoms with Crippen LogP contribution in [0, 0.1) is 0 Å². The highest BCUT2D eigenvalue weighted by atomic mass is 16.5. The maximum Gasteiger partial charge on any atom is 0.275 e. The van der Waals surface area contributed by atoms with Gasteiger partial charge < -0.3 is 19.5 Å². The van der Waals surface area contributed by atoms with Crippen molar-refractivity contribution in [3.8, 4) is 5.75 Å². The number of β-amino-alcohol motifs (C(OH)–C–C–N with tert-alkyl or cyclic N) is 1. The summed E-state index contributed by atoms with van der Waals surface area (Å²) >= 11 is 0. The number of rotatable bonds is 2. The second-order valence-corrected chi connectivity index (χ2v) is 4.96. The van der Waals surface area contributed by atoms with Gasteiger partial charge in [0.25, 0.3) is 5.91 Å². The van der Waals surface area contributed by atoms with Crippen molar-refractivity contribution in [1.82, 2.24) is 15.1 Å². The van der Waals surface area contributed by atoms with E-state index in [4.69, 9.17) is 9.47 Å². The molecule has 0 spiro atoms. The summed E-state index contributed by atoms with van der Waals surface area (Å²) < 4.78 is 10.4. The molecule has 21 heavy (non-hydrogen) atoms. The molecule has 112 valence electrons. The van der Waals surface area contributed by atoms with Crippen LogP contribution < -0.4 is 4.74 Å². The van der Waals surface area contributed by atoms with Crippen molar-refractivity contribution in [2.24, 2.45) is 0 Å². The van der Waals surface area contributed by atoms with Gasteiger partial charge in [0.15, 0.2) is 5.69 Å². The average molecular weight is 291 g/mol. The van der Waals surface area contributed by atoms with Crippen LogP contribution in [0.5, 0.6) is 5.75 Å². The lowest BCUT2D eigenvalue weighted by Crippen LogP contribution is -2.38. The standard InChI is InChI=1S/C14H17N3O4/c1-20-10-2-3-12-11(6-10)13(16-15-12)14(19)17-4-5-21-8-9(18)7-17/h2-3,6,9,18H,4-5,7-8H2,1H3,(H,15,16). The molecule has 0 aliphatic carbocycles. The molecular formula is C14H17N3O4. The monoisotopic (exact) mass is 291 g/mol. The first-order chi connectivity index (χ1) is 10.2. The number of aliphatic hydroxyl groups excluding tert-OH is 1. The van der Waals surface area contributed by atoms with Crippen LogP contribution in [0.2, 0.25) is 0 Å². The predicted molar refractivity (Wildman–Crippen MR) is 75.4 cm³/mol. The molecule has 7 nitrogen and oxygen atoms in total. The second-order valence-electron chi connectivity index (χ2n) is 4.96. The van der Waals surface area contributed by atoms with Gasteiger partial charge in [-0.05, 0) is 18.2 Å². The summed E-state index contributed by atoms with van der Waals surface area (Å²) in [5.41, 5.74) is 1.10. The first-order valence-electron chi connectivity index (χ1n) is 6.76. The second kappa shape index (κ2) is 5.71. The molecule has 1 saturated heterocycles. The number of ether oxygens (including phenoxy) is 2. The van der Waals surface area contributed by atoms with Crippen LogP contribution in [-0.2, 0) is 4.74 Å². The maximum atomic E-state index is 12.6. The Hall–Kier alpha value is -2.12. The van der Waals surface area contributed by atoms with Crippen LogP contribution in [0.3, 0.4) is 0 Å². The average Bonchev–Trinajstić information content (AvgIpc) is 2.79. The van der Waals surface area contributed by atoms with Gasteiger partial charge in [0.2, 0.25) is 0 Å². The predicted octanol–water partition coefficient (Wildman–Crippen LogP) is 0.405. The molecular weight excluding hydrogens is 274 g/mol. The number of aromatic amines is 1. The lowest BCUT2D eigenvalue weighted by atomic mass is 10.2. The number of hydrogen-bond acceptors (Lipinski definition) is 5. The van der Waals surface area contributed by atoms with Gasteiger partial charge in [0.1, 0.15) is 5.75 Å². The topological polar surface area (TPSA) is 87.7 Å². The van der Waals surface area contributed by atoms with Gasteiger partial charge in [-0.15, -0.1) is 0 Å². The van der Waals surface area contributed by atoms with Gasteiger partial charge in [0.05, 0.1) is 31.9 Å². The highest BCUT2D eigenvalue weighted by molar-refractivity contribution is 6.05. The van der Waals surface area contributed by atoms with E-state index in [0.717, 1.165) is 5.52 Å². The van der Waals surface area contributed by atoms with Crippen molar-refractivity contribution in [3.05, 3.63) is 23.9 Å². The first kappa shape index (κ1) is 13.8. The molecule has 1 aromatic heterocycles. The Bertz CT molecular complexity index is 655. The number of benzene rings is 1. The van der Waals surface area contributed by atoms with E-state index in [-0.39, 0.29) is 19.1 Å². The summed E-state index contributed by atoms with van der Waals surface area (Å²) in [5.74, 6) is 0.441. The Balaban J connectivity index is 1.93. The summed E-state index contributed by atoms with van der Waals surface area (Å²) in [5, 5.41) is 17.4. The lowest BCUT2D eigenvalue weighted by Gasteiger charge is -2.20. The van der Waals surface area contributed by atoms with Gasteiger partial charge in [0, 0.05) is 18.5 Å². The smallest absolute Gasteiger partial charge is 0.275 e. The van der Waals surface area contributed by atoms with Crippen molar-refractivity contribution in [1.29, 1.82) is 0 Å². The molecule has 7 heteroatoms. The molecule has 1 amide bonds. The Labute approximate surface area is 121 Å². The van der Waals surface area contributed by atoms with E-state index in [2.05, 4.69) is 10.2 Å². The SMILES string of the molecule is COc1ccc2[nH]nc(C(=O)N3CCOCC(O)C3)c2c1. The lowest BCUT2D eigenvalue weighted by molar-refractivity contribution is 0.0533. The summed E-state index contributed by atoms with van der Waals surface area (Å²) in [4.78, 5) is 14.2. The zero-order valence-electron chi connectivity index (χ0n) is 11.7. The summed E-state index contributed by atoms with van der Waals surface area (Å²) in [6.45, 7) is 1.35. The van der Waals surface area contributed by atoms with Crippen LogP contribution in [0.4, 0.5) is 0 Å². The zero-order valence-corrected chi connectivity index (χ0v) is 11.7. The number of carbonyl (C=O) groups is 1. The normalized spacial score (nSPS) is 19.5. The van der Waals surface area contributed by atoms with Gasteiger partial charge in [-0.1, -0.05) is 0 Å². The molecule has 1 aliphatic heterocycles. The quantitative estimate of drug-likeness (QED) is 0.836. The number of nitrogens with zero attached hydrogens (tertiary/aromatic N) is 2. The minimum Gasteiger partial charge on any atom is -0.497 e. The molecule has 0 bridgehead atoms. The van der Waals surface area contributed by atoms with Gasteiger partial charge in [-0.3, -0.25) is 9.89 Å². The summed E-state index contributed by atoms with van der Waals surface area (Å²) in [7, 11) is 1.57. The van der Waals surface area contributed by atoms with E-state index in [1.807, 2.05) is 6.07 Å². The fourth-order valence-corrected chi connectivity index (χ4v) is 2.41. The fourth-order valence-electron chi connectivity index (χ4n) is 2.41. The van der Waals surface area contributed by atoms with Crippen LogP contribution in [0.15, 0.2) is 18.2 Å². The first-order valence-corrected chi connectivity index (χ1v) is 6.76. The van der Waals surface area contributed by atoms with Crippen LogP contribution in [0.25, 0.3) is 10.9 Å². The van der Waals surface area contributed by atoms with Gasteiger partial charge >= 0.3 is 0 Å². The third-order valence-electron chi connectivity index (χ3n) is 3.51. The third-order valence-corrected chi connectivity index (χ3v) is 3.51. The highest BCUT2D eigenvalue weighted by Crippen LogP contribution is 2.23. The molecule has 2 N–H and O–H groups in total. The molecule has 2 heterocycles. The number of amides is 1. The number of methoxy groups -OCH3 is 1. The molecule has 0 saturated carbocycles. The molecule has 1 atom stereocenters. The van der Waals surface area contributed by atoms with E-state index >= 15 is 0 Å². The third kappa shape index (κ3) is 2.70. The van der Waals surface area contributed by atoms with Crippen molar-refractivity contribution < 1.29 is 19.4 Å². The van der Waals surface area contributed by atoms with Crippen molar-refractivity contribution >= 4 is 16.8 Å². The van der Waals surface area contributed by atoms with Gasteiger partial charge in [-0.25, -0.2) is 0 Å². The zero-order chi connectivity index (χ0) is 14.8. The Morgan fingerprint density at radius 2 is 2.43 bits per heavy atom. The number of aliphatic hydroxyl groups is 1. The van der Waals surface area contributed by atoms with E-state index in [1.54, 1.807) is 24.1 Å². The molecule has 3 rings (SSSR count). The van der Waals surface area contributed by atoms with E-state index in [9.17, 15) is 9.90 Å². The number of aromatic nitrogens is 2. The van der Waals surface area contributed by atoms with Crippen molar-refractivity contribution in [2.45, 2.75) is 6.10 Å². The minimum absolute atomic E-state index is 0.223. The largest absolute Gasteiger partial charge is 0.497 e. The van der Waals surface area contributed by atoms with Crippen LogP contribution in [0.1, 0.15) is 10.5 Å². The summed E-state index contributed by atoms with van der Waals surface area (Å²) in [6.07, 6.45) is -0.670. The summed E-state index contributed by atoms with van der Waals surface area (Å²) in [6, 6.07) is 5.40. The number of carbonyl (C=O) groups excluding carboxylic acids is 1. The molecule has 1 aliphatic rings. The van der Waals surface area contributed by atoms with Crippen LogP contribution >= 0.6 is 0 Å². The molecule has 1 fully saturated rings. The Morgan fingerprint density at radius 3 is 3.24 bits per heavy atom. The van der Waals surface area contributed by atoms with E-state index < -0.39 is 6.10 Å². The Kier molecular flexibility index (Phi) is 3.76. The van der Waals surface area contributed by atoms with Crippen molar-refractivity contribution in [2.75, 3.05) is 33.4 Å². The number of H-pyrrole nitrogens is 1. The van der Waals surface area contributed by atoms with E-state index in [0.29, 0.717) is 30.0 Å². The fraction of sp³-hybridized carbons (Fsp3) is 0.429.